The first kappa shape index (κ1) is 21.4. The SMILES string of the molecule is CC1(C)c2c(ccc3c2c2ccccc2n3C2=CC(c3cc(C#N)ccn3)CCC2)C2C=CC=CC21. The first-order chi connectivity index (χ1) is 17.6. The van der Waals surface area contributed by atoms with Gasteiger partial charge in [-0.2, -0.15) is 5.26 Å². The van der Waals surface area contributed by atoms with E-state index in [1.807, 2.05) is 6.07 Å². The highest BCUT2D eigenvalue weighted by atomic mass is 15.0. The molecule has 0 N–H and O–H groups in total. The molecule has 0 saturated heterocycles. The molecule has 3 atom stereocenters. The van der Waals surface area contributed by atoms with E-state index in [2.05, 4.69) is 96.2 Å². The number of hydrogen-bond acceptors (Lipinski definition) is 2. The van der Waals surface area contributed by atoms with Gasteiger partial charge in [0.25, 0.3) is 0 Å². The van der Waals surface area contributed by atoms with Crippen molar-refractivity contribution < 1.29 is 0 Å². The highest BCUT2D eigenvalue weighted by Crippen LogP contribution is 2.56. The van der Waals surface area contributed by atoms with Gasteiger partial charge in [0.15, 0.2) is 0 Å². The predicted octanol–water partition coefficient (Wildman–Crippen LogP) is 7.99. The van der Waals surface area contributed by atoms with Crippen LogP contribution in [0.5, 0.6) is 0 Å². The van der Waals surface area contributed by atoms with Crippen LogP contribution in [-0.4, -0.2) is 9.55 Å². The topological polar surface area (TPSA) is 41.6 Å². The second-order valence-electron chi connectivity index (χ2n) is 11.1. The van der Waals surface area contributed by atoms with E-state index in [0.29, 0.717) is 17.4 Å². The van der Waals surface area contributed by atoms with Crippen molar-refractivity contribution >= 4 is 27.5 Å². The van der Waals surface area contributed by atoms with Gasteiger partial charge in [-0.15, -0.1) is 0 Å². The molecule has 4 aromatic rings. The van der Waals surface area contributed by atoms with Crippen LogP contribution >= 0.6 is 0 Å². The number of aromatic nitrogens is 2. The Morgan fingerprint density at radius 3 is 2.78 bits per heavy atom. The van der Waals surface area contributed by atoms with Gasteiger partial charge in [-0.25, -0.2) is 0 Å². The van der Waals surface area contributed by atoms with E-state index in [9.17, 15) is 5.26 Å². The Morgan fingerprint density at radius 2 is 1.89 bits per heavy atom. The van der Waals surface area contributed by atoms with Crippen molar-refractivity contribution in [2.45, 2.75) is 50.4 Å². The van der Waals surface area contributed by atoms with Crippen LogP contribution in [0.3, 0.4) is 0 Å². The molecule has 3 unspecified atom stereocenters. The maximum atomic E-state index is 9.39. The van der Waals surface area contributed by atoms with E-state index >= 15 is 0 Å². The number of para-hydroxylation sites is 1. The second kappa shape index (κ2) is 7.80. The van der Waals surface area contributed by atoms with Crippen LogP contribution in [0.25, 0.3) is 27.5 Å². The Morgan fingerprint density at radius 1 is 1.03 bits per heavy atom. The summed E-state index contributed by atoms with van der Waals surface area (Å²) in [6, 6.07) is 19.7. The lowest BCUT2D eigenvalue weighted by Gasteiger charge is -2.29. The van der Waals surface area contributed by atoms with Crippen LogP contribution in [0.4, 0.5) is 0 Å². The molecule has 176 valence electrons. The van der Waals surface area contributed by atoms with Gasteiger partial charge in [0.05, 0.1) is 22.7 Å². The van der Waals surface area contributed by atoms with Crippen LogP contribution in [0.15, 0.2) is 85.1 Å². The Labute approximate surface area is 212 Å². The largest absolute Gasteiger partial charge is 0.313 e. The average molecular weight is 468 g/mol. The van der Waals surface area contributed by atoms with Crippen molar-refractivity contribution in [3.8, 4) is 6.07 Å². The lowest BCUT2D eigenvalue weighted by Crippen LogP contribution is -2.24. The van der Waals surface area contributed by atoms with E-state index in [0.717, 1.165) is 25.0 Å². The molecular formula is C33H29N3. The fraction of sp³-hybridized carbons (Fsp3) is 0.273. The second-order valence-corrected chi connectivity index (χ2v) is 11.1. The molecule has 7 rings (SSSR count). The Kier molecular flexibility index (Phi) is 4.63. The Hall–Kier alpha value is -3.90. The molecule has 0 radical (unpaired) electrons. The fourth-order valence-corrected chi connectivity index (χ4v) is 7.16. The van der Waals surface area contributed by atoms with Gasteiger partial charge in [-0.3, -0.25) is 4.98 Å². The van der Waals surface area contributed by atoms with E-state index in [1.165, 1.54) is 38.6 Å². The van der Waals surface area contributed by atoms with Crippen LogP contribution in [0.1, 0.15) is 67.3 Å². The van der Waals surface area contributed by atoms with E-state index in [-0.39, 0.29) is 11.3 Å². The molecule has 3 nitrogen and oxygen atoms in total. The van der Waals surface area contributed by atoms with Gasteiger partial charge in [0, 0.05) is 40.2 Å². The van der Waals surface area contributed by atoms with Gasteiger partial charge < -0.3 is 4.57 Å². The van der Waals surface area contributed by atoms with Crippen LogP contribution in [-0.2, 0) is 5.41 Å². The molecule has 36 heavy (non-hydrogen) atoms. The monoisotopic (exact) mass is 467 g/mol. The van der Waals surface area contributed by atoms with Gasteiger partial charge >= 0.3 is 0 Å². The third-order valence-corrected chi connectivity index (χ3v) is 8.76. The maximum absolute atomic E-state index is 9.39. The Bertz CT molecular complexity index is 1670. The van der Waals surface area contributed by atoms with E-state index in [4.69, 9.17) is 0 Å². The number of pyridine rings is 1. The highest BCUT2D eigenvalue weighted by Gasteiger charge is 2.46. The summed E-state index contributed by atoms with van der Waals surface area (Å²) < 4.78 is 2.51. The number of rotatable bonds is 2. The van der Waals surface area contributed by atoms with Crippen molar-refractivity contribution in [3.63, 3.8) is 0 Å². The molecule has 3 aliphatic carbocycles. The van der Waals surface area contributed by atoms with Crippen LogP contribution in [0.2, 0.25) is 0 Å². The maximum Gasteiger partial charge on any atom is 0.0992 e. The van der Waals surface area contributed by atoms with Crippen molar-refractivity contribution in [1.29, 1.82) is 5.26 Å². The normalized spacial score (nSPS) is 23.9. The summed E-state index contributed by atoms with van der Waals surface area (Å²) in [5.41, 5.74) is 8.65. The fourth-order valence-electron chi connectivity index (χ4n) is 7.16. The zero-order chi connectivity index (χ0) is 24.4. The summed E-state index contributed by atoms with van der Waals surface area (Å²) in [5.74, 6) is 1.16. The first-order valence-electron chi connectivity index (χ1n) is 13.1. The quantitative estimate of drug-likeness (QED) is 0.300. The van der Waals surface area contributed by atoms with Crippen molar-refractivity contribution in [3.05, 3.63) is 107 Å². The summed E-state index contributed by atoms with van der Waals surface area (Å²) in [6.07, 6.45) is 16.6. The van der Waals surface area contributed by atoms with Gasteiger partial charge in [-0.05, 0) is 66.0 Å². The molecule has 0 spiro atoms. The predicted molar refractivity (Wildman–Crippen MR) is 147 cm³/mol. The number of allylic oxidation sites excluding steroid dienone is 6. The van der Waals surface area contributed by atoms with Crippen LogP contribution in [0, 0.1) is 17.2 Å². The minimum absolute atomic E-state index is 0.0564. The first-order valence-corrected chi connectivity index (χ1v) is 13.1. The van der Waals surface area contributed by atoms with E-state index < -0.39 is 0 Å². The lowest BCUT2D eigenvalue weighted by molar-refractivity contribution is 0.396. The van der Waals surface area contributed by atoms with Crippen LogP contribution < -0.4 is 0 Å². The molecule has 0 bridgehead atoms. The molecule has 2 aromatic carbocycles. The molecule has 0 aliphatic heterocycles. The van der Waals surface area contributed by atoms with Crippen molar-refractivity contribution in [2.75, 3.05) is 0 Å². The zero-order valence-corrected chi connectivity index (χ0v) is 20.8. The number of nitriles is 1. The molecular weight excluding hydrogens is 438 g/mol. The molecule has 3 heteroatoms. The van der Waals surface area contributed by atoms with Gasteiger partial charge in [-0.1, -0.05) is 68.5 Å². The molecule has 2 heterocycles. The third-order valence-electron chi connectivity index (χ3n) is 8.76. The number of fused-ring (bicyclic) bond motifs is 7. The van der Waals surface area contributed by atoms with Gasteiger partial charge in [0.1, 0.15) is 0 Å². The standard InChI is InChI=1S/C33H29N3/c1-33(2)27-12-5-3-10-24(27)25-14-15-30-31(32(25)33)26-11-4-6-13-29(26)36(30)23-9-7-8-22(19-23)28-18-21(20-34)16-17-35-28/h3-6,10-19,22,24,27H,7-9H2,1-2H3. The minimum atomic E-state index is 0.0564. The number of benzene rings is 2. The third kappa shape index (κ3) is 2.94. The van der Waals surface area contributed by atoms with Gasteiger partial charge in [0.2, 0.25) is 0 Å². The summed E-state index contributed by atoms with van der Waals surface area (Å²) in [7, 11) is 0. The summed E-state index contributed by atoms with van der Waals surface area (Å²) in [6.45, 7) is 4.85. The highest BCUT2D eigenvalue weighted by molar-refractivity contribution is 6.12. The molecule has 2 aromatic heterocycles. The summed E-state index contributed by atoms with van der Waals surface area (Å²) in [5, 5.41) is 12.1. The van der Waals surface area contributed by atoms with Crippen molar-refractivity contribution in [2.24, 2.45) is 5.92 Å². The zero-order valence-electron chi connectivity index (χ0n) is 20.8. The molecule has 3 aliphatic rings. The number of nitrogens with zero attached hydrogens (tertiary/aromatic N) is 3. The number of hydrogen-bond donors (Lipinski definition) is 0. The molecule has 0 saturated carbocycles. The summed E-state index contributed by atoms with van der Waals surface area (Å²) in [4.78, 5) is 4.64. The lowest BCUT2D eigenvalue weighted by atomic mass is 9.74. The summed E-state index contributed by atoms with van der Waals surface area (Å²) >= 11 is 0. The smallest absolute Gasteiger partial charge is 0.0992 e. The minimum Gasteiger partial charge on any atom is -0.313 e. The van der Waals surface area contributed by atoms with Crippen molar-refractivity contribution in [1.82, 2.24) is 9.55 Å². The molecule has 0 amide bonds. The Balaban J connectivity index is 1.47. The average Bonchev–Trinajstić information content (AvgIpc) is 3.38. The van der Waals surface area contributed by atoms with E-state index in [1.54, 1.807) is 12.3 Å². The molecule has 0 fully saturated rings.